The summed E-state index contributed by atoms with van der Waals surface area (Å²) in [4.78, 5) is 12.5. The zero-order valence-corrected chi connectivity index (χ0v) is 19.6. The van der Waals surface area contributed by atoms with E-state index in [2.05, 4.69) is 15.2 Å². The summed E-state index contributed by atoms with van der Waals surface area (Å²) < 4.78 is 23.6. The number of aryl methyl sites for hydroxylation is 2. The van der Waals surface area contributed by atoms with Gasteiger partial charge in [-0.15, -0.1) is 35.3 Å². The van der Waals surface area contributed by atoms with Gasteiger partial charge in [0.25, 0.3) is 0 Å². The minimum atomic E-state index is -3.04. The Morgan fingerprint density at radius 1 is 1.40 bits per heavy atom. The summed E-state index contributed by atoms with van der Waals surface area (Å²) >= 11 is 1.72. The Hall–Kier alpha value is -0.420. The molecule has 144 valence electrons. The number of sulfone groups is 1. The molecule has 0 aliphatic carbocycles. The molecule has 1 aliphatic rings. The van der Waals surface area contributed by atoms with Gasteiger partial charge in [-0.25, -0.2) is 13.4 Å². The third-order valence-corrected chi connectivity index (χ3v) is 7.94. The van der Waals surface area contributed by atoms with Crippen molar-refractivity contribution in [2.75, 3.05) is 31.9 Å². The van der Waals surface area contributed by atoms with Crippen molar-refractivity contribution in [3.05, 3.63) is 15.6 Å². The molecule has 0 saturated carbocycles. The zero-order chi connectivity index (χ0) is 18.0. The van der Waals surface area contributed by atoms with Gasteiger partial charge in [-0.1, -0.05) is 0 Å². The number of rotatable bonds is 4. The van der Waals surface area contributed by atoms with Gasteiger partial charge in [-0.2, -0.15) is 0 Å². The van der Waals surface area contributed by atoms with Gasteiger partial charge in [0, 0.05) is 37.5 Å². The lowest BCUT2D eigenvalue weighted by molar-refractivity contribution is 0.353. The van der Waals surface area contributed by atoms with E-state index in [1.807, 2.05) is 20.8 Å². The lowest BCUT2D eigenvalue weighted by atomic mass is 10.2. The van der Waals surface area contributed by atoms with Crippen molar-refractivity contribution in [1.29, 1.82) is 0 Å². The summed E-state index contributed by atoms with van der Waals surface area (Å²) in [6.07, 6.45) is 0.863. The molecule has 2 rings (SSSR count). The molecular formula is C16H29IN4O2S2. The summed E-state index contributed by atoms with van der Waals surface area (Å²) in [7, 11) is -3.04. The number of nitrogens with one attached hydrogen (secondary N) is 1. The molecule has 1 fully saturated rings. The molecule has 0 amide bonds. The predicted octanol–water partition coefficient (Wildman–Crippen LogP) is 2.39. The normalized spacial score (nSPS) is 19.4. The van der Waals surface area contributed by atoms with Crippen molar-refractivity contribution in [1.82, 2.24) is 15.2 Å². The number of hydrogen-bond acceptors (Lipinski definition) is 5. The van der Waals surface area contributed by atoms with Gasteiger partial charge in [0.15, 0.2) is 15.8 Å². The highest BCUT2D eigenvalue weighted by atomic mass is 127. The van der Waals surface area contributed by atoms with Gasteiger partial charge >= 0.3 is 0 Å². The third-order valence-electron chi connectivity index (χ3n) is 4.28. The van der Waals surface area contributed by atoms with Crippen LogP contribution in [0.3, 0.4) is 0 Å². The number of aliphatic imine (C=N–C) groups is 1. The SMILES string of the molecule is CCNC(=NCCc1sc(C)nc1C)N1CCS(=O)(=O)C(C)(C)C1.I. The standard InChI is InChI=1S/C16H28N4O2S2.HI/c1-6-17-15(18-8-7-14-12(2)19-13(3)23-14)20-9-10-24(21,22)16(4,5)11-20;/h6-11H2,1-5H3,(H,17,18);1H. The molecule has 0 atom stereocenters. The molecule has 0 aromatic carbocycles. The van der Waals surface area contributed by atoms with Crippen LogP contribution in [0.5, 0.6) is 0 Å². The van der Waals surface area contributed by atoms with Gasteiger partial charge < -0.3 is 10.2 Å². The van der Waals surface area contributed by atoms with Crippen LogP contribution >= 0.6 is 35.3 Å². The first-order valence-corrected chi connectivity index (χ1v) is 10.8. The highest BCUT2D eigenvalue weighted by molar-refractivity contribution is 14.0. The van der Waals surface area contributed by atoms with E-state index in [9.17, 15) is 8.42 Å². The van der Waals surface area contributed by atoms with Crippen LogP contribution in [-0.4, -0.2) is 60.9 Å². The van der Waals surface area contributed by atoms with Crippen LogP contribution in [-0.2, 0) is 16.3 Å². The molecule has 1 aliphatic heterocycles. The second-order valence-electron chi connectivity index (χ2n) is 6.73. The van der Waals surface area contributed by atoms with Crippen LogP contribution in [0.2, 0.25) is 0 Å². The topological polar surface area (TPSA) is 74.7 Å². The Kier molecular flexibility index (Phi) is 8.13. The van der Waals surface area contributed by atoms with Gasteiger partial charge in [-0.3, -0.25) is 4.99 Å². The average Bonchev–Trinajstić information content (AvgIpc) is 2.79. The van der Waals surface area contributed by atoms with E-state index in [0.29, 0.717) is 19.6 Å². The molecule has 1 aromatic heterocycles. The number of aromatic nitrogens is 1. The highest BCUT2D eigenvalue weighted by Gasteiger charge is 2.40. The molecule has 0 unspecified atom stereocenters. The Morgan fingerprint density at radius 3 is 2.60 bits per heavy atom. The summed E-state index contributed by atoms with van der Waals surface area (Å²) in [5.41, 5.74) is 1.09. The largest absolute Gasteiger partial charge is 0.357 e. The molecule has 0 spiro atoms. The summed E-state index contributed by atoms with van der Waals surface area (Å²) in [6.45, 7) is 12.1. The lowest BCUT2D eigenvalue weighted by Crippen LogP contribution is -2.57. The van der Waals surface area contributed by atoms with Crippen LogP contribution < -0.4 is 5.32 Å². The van der Waals surface area contributed by atoms with E-state index in [4.69, 9.17) is 4.99 Å². The number of thiazole rings is 1. The van der Waals surface area contributed by atoms with Crippen molar-refractivity contribution in [2.24, 2.45) is 4.99 Å². The van der Waals surface area contributed by atoms with E-state index in [1.165, 1.54) is 4.88 Å². The molecule has 25 heavy (non-hydrogen) atoms. The van der Waals surface area contributed by atoms with Gasteiger partial charge in [-0.05, 0) is 34.6 Å². The minimum absolute atomic E-state index is 0. The molecule has 0 radical (unpaired) electrons. The van der Waals surface area contributed by atoms with Crippen molar-refractivity contribution in [2.45, 2.75) is 45.8 Å². The smallest absolute Gasteiger partial charge is 0.194 e. The number of guanidine groups is 1. The molecule has 9 heteroatoms. The molecule has 2 heterocycles. The number of halogens is 1. The predicted molar refractivity (Wildman–Crippen MR) is 116 cm³/mol. The van der Waals surface area contributed by atoms with Crippen molar-refractivity contribution < 1.29 is 8.42 Å². The highest BCUT2D eigenvalue weighted by Crippen LogP contribution is 2.24. The maximum Gasteiger partial charge on any atom is 0.194 e. The van der Waals surface area contributed by atoms with Crippen molar-refractivity contribution in [3.63, 3.8) is 0 Å². The van der Waals surface area contributed by atoms with Crippen LogP contribution in [0.1, 0.15) is 36.3 Å². The van der Waals surface area contributed by atoms with Crippen LogP contribution in [0.25, 0.3) is 0 Å². The fourth-order valence-corrected chi connectivity index (χ4v) is 5.11. The van der Waals surface area contributed by atoms with E-state index >= 15 is 0 Å². The van der Waals surface area contributed by atoms with Crippen LogP contribution in [0.15, 0.2) is 4.99 Å². The lowest BCUT2D eigenvalue weighted by Gasteiger charge is -2.39. The fraction of sp³-hybridized carbons (Fsp3) is 0.750. The third kappa shape index (κ3) is 5.53. The maximum atomic E-state index is 12.2. The molecular weight excluding hydrogens is 471 g/mol. The van der Waals surface area contributed by atoms with E-state index in [1.54, 1.807) is 25.2 Å². The summed E-state index contributed by atoms with van der Waals surface area (Å²) in [5.74, 6) is 0.983. The monoisotopic (exact) mass is 500 g/mol. The van der Waals surface area contributed by atoms with E-state index in [0.717, 1.165) is 29.6 Å². The van der Waals surface area contributed by atoms with Gasteiger partial charge in [0.1, 0.15) is 0 Å². The van der Waals surface area contributed by atoms with E-state index < -0.39 is 14.6 Å². The number of nitrogens with zero attached hydrogens (tertiary/aromatic N) is 3. The van der Waals surface area contributed by atoms with Gasteiger partial charge in [0.2, 0.25) is 0 Å². The molecule has 1 aromatic rings. The first-order chi connectivity index (χ1) is 11.2. The average molecular weight is 500 g/mol. The van der Waals surface area contributed by atoms with Gasteiger partial charge in [0.05, 0.1) is 21.2 Å². The summed E-state index contributed by atoms with van der Waals surface area (Å²) in [5, 5.41) is 4.38. The van der Waals surface area contributed by atoms with E-state index in [-0.39, 0.29) is 29.7 Å². The van der Waals surface area contributed by atoms with Crippen molar-refractivity contribution >= 4 is 51.1 Å². The second-order valence-corrected chi connectivity index (χ2v) is 10.8. The maximum absolute atomic E-state index is 12.2. The summed E-state index contributed by atoms with van der Waals surface area (Å²) in [6, 6.07) is 0. The second kappa shape index (κ2) is 8.98. The first-order valence-electron chi connectivity index (χ1n) is 8.35. The molecule has 0 bridgehead atoms. The van der Waals surface area contributed by atoms with Crippen molar-refractivity contribution in [3.8, 4) is 0 Å². The molecule has 6 nitrogen and oxygen atoms in total. The minimum Gasteiger partial charge on any atom is -0.357 e. The van der Waals surface area contributed by atoms with Crippen LogP contribution in [0.4, 0.5) is 0 Å². The Morgan fingerprint density at radius 2 is 2.08 bits per heavy atom. The fourth-order valence-electron chi connectivity index (χ4n) is 2.82. The number of hydrogen-bond donors (Lipinski definition) is 1. The Labute approximate surface area is 172 Å². The first kappa shape index (κ1) is 22.6. The Balaban J connectivity index is 0.00000312. The molecule has 1 N–H and O–H groups in total. The van der Waals surface area contributed by atoms with Crippen LogP contribution in [0, 0.1) is 13.8 Å². The Bertz CT molecular complexity index is 714. The quantitative estimate of drug-likeness (QED) is 0.391. The molecule has 1 saturated heterocycles. The zero-order valence-electron chi connectivity index (χ0n) is 15.6.